The van der Waals surface area contributed by atoms with Crippen molar-refractivity contribution in [3.8, 4) is 0 Å². The van der Waals surface area contributed by atoms with E-state index in [4.69, 9.17) is 0 Å². The molecular weight excluding hydrogens is 236 g/mol. The zero-order valence-corrected chi connectivity index (χ0v) is 13.8. The molecule has 1 N–H and O–H groups in total. The minimum atomic E-state index is 0.0240. The highest BCUT2D eigenvalue weighted by Crippen LogP contribution is 2.29. The maximum atomic E-state index is 12.5. The van der Waals surface area contributed by atoms with E-state index in [0.717, 1.165) is 19.4 Å². The first kappa shape index (κ1) is 16.5. The van der Waals surface area contributed by atoms with Crippen LogP contribution in [0.15, 0.2) is 0 Å². The second kappa shape index (κ2) is 6.25. The third kappa shape index (κ3) is 4.20. The van der Waals surface area contributed by atoms with Crippen molar-refractivity contribution in [1.29, 1.82) is 0 Å². The van der Waals surface area contributed by atoms with Crippen LogP contribution in [0.25, 0.3) is 0 Å². The molecule has 3 unspecified atom stereocenters. The zero-order chi connectivity index (χ0) is 14.8. The van der Waals surface area contributed by atoms with E-state index < -0.39 is 0 Å². The smallest absolute Gasteiger partial charge is 0.241 e. The molecule has 3 nitrogen and oxygen atoms in total. The molecule has 112 valence electrons. The number of carbonyl (C=O) groups is 1. The number of hydrogen-bond donors (Lipinski definition) is 1. The summed E-state index contributed by atoms with van der Waals surface area (Å²) in [6.45, 7) is 16.4. The molecule has 0 spiro atoms. The number of carbonyl (C=O) groups excluding carboxylic acids is 1. The summed E-state index contributed by atoms with van der Waals surface area (Å²) in [4.78, 5) is 14.5. The van der Waals surface area contributed by atoms with Crippen LogP contribution in [0.1, 0.15) is 61.3 Å². The van der Waals surface area contributed by atoms with E-state index in [1.54, 1.807) is 0 Å². The Balaban J connectivity index is 2.77. The van der Waals surface area contributed by atoms with Gasteiger partial charge in [-0.3, -0.25) is 10.1 Å². The number of nitrogens with one attached hydrogen (secondary N) is 1. The molecular formula is C16H32N2O. The summed E-state index contributed by atoms with van der Waals surface area (Å²) in [5.41, 5.74) is 0.243. The summed E-state index contributed by atoms with van der Waals surface area (Å²) >= 11 is 0. The lowest BCUT2D eigenvalue weighted by Gasteiger charge is -2.34. The largest absolute Gasteiger partial charge is 0.325 e. The van der Waals surface area contributed by atoms with Crippen molar-refractivity contribution in [2.75, 3.05) is 6.54 Å². The summed E-state index contributed by atoms with van der Waals surface area (Å²) in [6, 6.07) is 0.0240. The molecule has 0 radical (unpaired) electrons. The Labute approximate surface area is 119 Å². The molecule has 1 saturated heterocycles. The van der Waals surface area contributed by atoms with Crippen molar-refractivity contribution in [1.82, 2.24) is 10.2 Å². The molecule has 1 aliphatic rings. The Kier molecular flexibility index (Phi) is 5.43. The molecule has 0 bridgehead atoms. The standard InChI is InChI=1S/C16H32N2O/c1-8-13-15(19)18(10-12(4)16(5,6)7)14(17-13)9-11(2)3/h11-14,17H,8-10H2,1-7H3. The number of nitrogens with zero attached hydrogens (tertiary/aromatic N) is 1. The van der Waals surface area contributed by atoms with Gasteiger partial charge in [0.15, 0.2) is 0 Å². The van der Waals surface area contributed by atoms with Crippen molar-refractivity contribution in [3.05, 3.63) is 0 Å². The maximum absolute atomic E-state index is 12.5. The molecule has 0 aromatic carbocycles. The van der Waals surface area contributed by atoms with Gasteiger partial charge in [0.25, 0.3) is 0 Å². The first-order valence-corrected chi connectivity index (χ1v) is 7.73. The molecule has 19 heavy (non-hydrogen) atoms. The molecule has 1 amide bonds. The van der Waals surface area contributed by atoms with Crippen LogP contribution in [0.2, 0.25) is 0 Å². The van der Waals surface area contributed by atoms with Crippen LogP contribution in [0, 0.1) is 17.3 Å². The Morgan fingerprint density at radius 1 is 1.26 bits per heavy atom. The van der Waals surface area contributed by atoms with E-state index in [1.165, 1.54) is 0 Å². The van der Waals surface area contributed by atoms with Crippen LogP contribution in [-0.2, 0) is 4.79 Å². The predicted octanol–water partition coefficient (Wildman–Crippen LogP) is 3.25. The lowest BCUT2D eigenvalue weighted by molar-refractivity contribution is -0.131. The SMILES string of the molecule is CCC1NC(CC(C)C)N(CC(C)C(C)(C)C)C1=O. The third-order valence-corrected chi connectivity index (χ3v) is 4.40. The van der Waals surface area contributed by atoms with Crippen molar-refractivity contribution >= 4 is 5.91 Å². The summed E-state index contributed by atoms with van der Waals surface area (Å²) in [5.74, 6) is 1.40. The zero-order valence-electron chi connectivity index (χ0n) is 13.8. The van der Waals surface area contributed by atoms with E-state index in [9.17, 15) is 4.79 Å². The van der Waals surface area contributed by atoms with Crippen LogP contribution < -0.4 is 5.32 Å². The molecule has 0 saturated carbocycles. The monoisotopic (exact) mass is 268 g/mol. The summed E-state index contributed by atoms with van der Waals surface area (Å²) in [6.07, 6.45) is 2.15. The average Bonchev–Trinajstić information content (AvgIpc) is 2.55. The average molecular weight is 268 g/mol. The van der Waals surface area contributed by atoms with E-state index in [-0.39, 0.29) is 17.6 Å². The van der Waals surface area contributed by atoms with Gasteiger partial charge in [0.1, 0.15) is 0 Å². The molecule has 1 rings (SSSR count). The molecule has 1 heterocycles. The van der Waals surface area contributed by atoms with Crippen LogP contribution in [0.4, 0.5) is 0 Å². The lowest BCUT2D eigenvalue weighted by atomic mass is 9.81. The van der Waals surface area contributed by atoms with Gasteiger partial charge in [0, 0.05) is 6.54 Å². The Bertz CT molecular complexity index is 306. The van der Waals surface area contributed by atoms with Gasteiger partial charge in [-0.15, -0.1) is 0 Å². The van der Waals surface area contributed by atoms with Crippen LogP contribution in [-0.4, -0.2) is 29.6 Å². The molecule has 0 aromatic rings. The lowest BCUT2D eigenvalue weighted by Crippen LogP contribution is -2.43. The first-order valence-electron chi connectivity index (χ1n) is 7.73. The Morgan fingerprint density at radius 2 is 1.84 bits per heavy atom. The predicted molar refractivity (Wildman–Crippen MR) is 80.8 cm³/mol. The normalized spacial score (nSPS) is 26.3. The molecule has 1 fully saturated rings. The van der Waals surface area contributed by atoms with Crippen LogP contribution in [0.3, 0.4) is 0 Å². The minimum absolute atomic E-state index is 0.0240. The van der Waals surface area contributed by atoms with E-state index in [2.05, 4.69) is 58.7 Å². The van der Waals surface area contributed by atoms with Gasteiger partial charge in [-0.2, -0.15) is 0 Å². The van der Waals surface area contributed by atoms with Gasteiger partial charge < -0.3 is 4.90 Å². The number of hydrogen-bond acceptors (Lipinski definition) is 2. The van der Waals surface area contributed by atoms with Gasteiger partial charge in [0.2, 0.25) is 5.91 Å². The third-order valence-electron chi connectivity index (χ3n) is 4.40. The van der Waals surface area contributed by atoms with Gasteiger partial charge in [-0.05, 0) is 30.1 Å². The maximum Gasteiger partial charge on any atom is 0.241 e. The van der Waals surface area contributed by atoms with Crippen molar-refractivity contribution in [3.63, 3.8) is 0 Å². The van der Waals surface area contributed by atoms with Crippen LogP contribution >= 0.6 is 0 Å². The van der Waals surface area contributed by atoms with Gasteiger partial charge in [-0.1, -0.05) is 48.5 Å². The molecule has 1 aliphatic heterocycles. The topological polar surface area (TPSA) is 32.3 Å². The van der Waals surface area contributed by atoms with E-state index in [1.807, 2.05) is 0 Å². The highest BCUT2D eigenvalue weighted by molar-refractivity contribution is 5.84. The fraction of sp³-hybridized carbons (Fsp3) is 0.938. The van der Waals surface area contributed by atoms with Crippen molar-refractivity contribution < 1.29 is 4.79 Å². The second-order valence-corrected chi connectivity index (χ2v) is 7.53. The number of amides is 1. The summed E-state index contributed by atoms with van der Waals surface area (Å²) in [5, 5.41) is 3.51. The quantitative estimate of drug-likeness (QED) is 0.830. The van der Waals surface area contributed by atoms with E-state index in [0.29, 0.717) is 17.7 Å². The fourth-order valence-corrected chi connectivity index (χ4v) is 2.47. The first-order chi connectivity index (χ1) is 8.66. The summed E-state index contributed by atoms with van der Waals surface area (Å²) in [7, 11) is 0. The number of rotatable bonds is 5. The van der Waals surface area contributed by atoms with Crippen molar-refractivity contribution in [2.24, 2.45) is 17.3 Å². The Morgan fingerprint density at radius 3 is 2.26 bits per heavy atom. The van der Waals surface area contributed by atoms with Gasteiger partial charge in [-0.25, -0.2) is 0 Å². The highest BCUT2D eigenvalue weighted by Gasteiger charge is 2.39. The molecule has 0 aromatic heterocycles. The van der Waals surface area contributed by atoms with Crippen LogP contribution in [0.5, 0.6) is 0 Å². The molecule has 3 heteroatoms. The second-order valence-electron chi connectivity index (χ2n) is 7.53. The highest BCUT2D eigenvalue weighted by atomic mass is 16.2. The van der Waals surface area contributed by atoms with Crippen molar-refractivity contribution in [2.45, 2.75) is 73.5 Å². The van der Waals surface area contributed by atoms with Gasteiger partial charge in [0.05, 0.1) is 12.2 Å². The fourth-order valence-electron chi connectivity index (χ4n) is 2.47. The van der Waals surface area contributed by atoms with E-state index >= 15 is 0 Å². The minimum Gasteiger partial charge on any atom is -0.325 e. The molecule has 0 aliphatic carbocycles. The molecule has 3 atom stereocenters. The van der Waals surface area contributed by atoms with Gasteiger partial charge >= 0.3 is 0 Å². The Hall–Kier alpha value is -0.570. The summed E-state index contributed by atoms with van der Waals surface area (Å²) < 4.78 is 0.